The molecule has 0 saturated heterocycles. The van der Waals surface area contributed by atoms with Crippen molar-refractivity contribution in [2.75, 3.05) is 11.5 Å². The van der Waals surface area contributed by atoms with Crippen LogP contribution in [0.3, 0.4) is 0 Å². The molecule has 0 unspecified atom stereocenters. The summed E-state index contributed by atoms with van der Waals surface area (Å²) in [4.78, 5) is 11.6. The third-order valence-corrected chi connectivity index (χ3v) is 25.5. The van der Waals surface area contributed by atoms with E-state index in [0.717, 1.165) is 72.4 Å². The SMILES string of the molecule is CCCCSc1cnc2c(c1)c(-c1cnn(C)c1)cn2S(=O)(=O)c1ccccc1.CCCCSc1cnc2c(c1)c(I)cn2S(=O)(=O)c1ccccc1.[Cl][Pd][Cl].c1ccc(P(c2ccccc2)c2ccccc2)cc1.c1ccc(P(c2ccccc2)c2ccccc2)cc1. The Morgan fingerprint density at radius 3 is 1.07 bits per heavy atom. The molecule has 0 N–H and O–H groups in total. The van der Waals surface area contributed by atoms with Crippen molar-refractivity contribution >= 4 is 155 Å². The maximum atomic E-state index is 13.3. The Balaban J connectivity index is 0.000000147. The van der Waals surface area contributed by atoms with Gasteiger partial charge in [0.15, 0.2) is 11.3 Å². The number of aryl methyl sites for hydroxylation is 1. The molecule has 13 rings (SSSR count). The number of hydrogen-bond acceptors (Lipinski definition) is 9. The molecule has 0 atom stereocenters. The van der Waals surface area contributed by atoms with E-state index in [2.05, 4.69) is 233 Å². The van der Waals surface area contributed by atoms with Crippen molar-refractivity contribution in [3.8, 4) is 11.1 Å². The molecule has 0 radical (unpaired) electrons. The van der Waals surface area contributed by atoms with Gasteiger partial charge in [-0.2, -0.15) is 5.10 Å². The first-order chi connectivity index (χ1) is 45.9. The fourth-order valence-electron chi connectivity index (χ4n) is 9.84. The smallest absolute Gasteiger partial charge is 0.0134 e. The average molecular weight is 1600 g/mol. The molecule has 0 fully saturated rings. The Labute approximate surface area is 593 Å². The molecular weight excluding hydrogens is 1530 g/mol. The molecule has 0 aliphatic rings. The monoisotopic (exact) mass is 1600 g/mol. The van der Waals surface area contributed by atoms with Gasteiger partial charge in [-0.15, -0.1) is 23.5 Å². The van der Waals surface area contributed by atoms with Crippen molar-refractivity contribution in [2.45, 2.75) is 59.1 Å². The molecular formula is C74H69Cl2IN6O4P2PdS4. The van der Waals surface area contributed by atoms with E-state index in [-0.39, 0.29) is 25.7 Å². The maximum absolute atomic E-state index is 13.3. The van der Waals surface area contributed by atoms with Crippen LogP contribution in [0, 0.1) is 3.57 Å². The van der Waals surface area contributed by atoms with Gasteiger partial charge in [-0.1, -0.05) is 245 Å². The largest absolute Gasteiger partial charge is 0.0622 e. The van der Waals surface area contributed by atoms with Crippen molar-refractivity contribution in [2.24, 2.45) is 7.05 Å². The van der Waals surface area contributed by atoms with Gasteiger partial charge in [0.25, 0.3) is 20.0 Å². The summed E-state index contributed by atoms with van der Waals surface area (Å²) in [5.41, 5.74) is 2.56. The normalized spacial score (nSPS) is 11.2. The molecule has 5 aromatic heterocycles. The fraction of sp³-hybridized carbons (Fsp3) is 0.122. The number of pyridine rings is 2. The van der Waals surface area contributed by atoms with E-state index in [1.807, 2.05) is 25.4 Å². The van der Waals surface area contributed by atoms with E-state index in [9.17, 15) is 16.8 Å². The fourth-order valence-corrected chi connectivity index (χ4v) is 20.0. The van der Waals surface area contributed by atoms with Crippen molar-refractivity contribution in [3.63, 3.8) is 0 Å². The minimum atomic E-state index is -3.76. The minimum Gasteiger partial charge on any atom is -0.0622 e. The molecule has 10 nitrogen and oxygen atoms in total. The summed E-state index contributed by atoms with van der Waals surface area (Å²) in [5.74, 6) is 2.05. The first-order valence-corrected chi connectivity index (χ1v) is 42.7. The van der Waals surface area contributed by atoms with Gasteiger partial charge in [0, 0.05) is 73.3 Å². The van der Waals surface area contributed by atoms with Gasteiger partial charge < -0.3 is 0 Å². The molecule has 94 heavy (non-hydrogen) atoms. The van der Waals surface area contributed by atoms with Crippen LogP contribution in [0.25, 0.3) is 33.2 Å². The molecule has 20 heteroatoms. The standard InChI is InChI=1S/C21H22N4O2S2.2C18H15P.C17H17IN2O2S2.2ClH.Pd/c1-3-4-10-28-17-11-19-20(16-12-23-24(2)14-16)15-25(21(19)22-13-17)29(26,27)18-8-6-5-7-9-18;2*1-4-10-16(11-5-1)19(17-12-6-2-7-13-17)18-14-8-3-9-15-18;1-2-3-9-23-13-10-15-16(18)12-20(17(15)19-11-13)24(21,22)14-7-5-4-6-8-14;;;/h5-9,11-15H,3-4,10H2,1-2H3;2*1-15H;4-8,10-12H,2-3,9H2,1H3;2*1H;/q;;;;;;+2/p-2. The van der Waals surface area contributed by atoms with Gasteiger partial charge >= 0.3 is 35.0 Å². The van der Waals surface area contributed by atoms with Crippen LogP contribution in [-0.2, 0) is 43.0 Å². The van der Waals surface area contributed by atoms with Crippen LogP contribution in [0.1, 0.15) is 39.5 Å². The second-order valence-corrected chi connectivity index (χ2v) is 34.8. The zero-order valence-electron chi connectivity index (χ0n) is 51.7. The van der Waals surface area contributed by atoms with Gasteiger partial charge in [-0.3, -0.25) is 4.68 Å². The molecule has 484 valence electrons. The molecule has 0 amide bonds. The number of unbranched alkanes of at least 4 members (excludes halogenated alkanes) is 2. The Morgan fingerprint density at radius 1 is 0.447 bits per heavy atom. The number of nitrogens with zero attached hydrogens (tertiary/aromatic N) is 6. The van der Waals surface area contributed by atoms with E-state index in [1.54, 1.807) is 120 Å². The molecule has 0 bridgehead atoms. The third kappa shape index (κ3) is 19.3. The van der Waals surface area contributed by atoms with Crippen molar-refractivity contribution in [3.05, 3.63) is 296 Å². The third-order valence-electron chi connectivity index (χ3n) is 14.4. The maximum Gasteiger partial charge on any atom is -0.0134 e. The van der Waals surface area contributed by atoms with Crippen LogP contribution in [0.5, 0.6) is 0 Å². The van der Waals surface area contributed by atoms with Crippen molar-refractivity contribution < 1.29 is 32.8 Å². The van der Waals surface area contributed by atoms with Crippen LogP contribution in [0.2, 0.25) is 0 Å². The number of aromatic nitrogens is 6. The summed E-state index contributed by atoms with van der Waals surface area (Å²) >= 11 is 5.56. The van der Waals surface area contributed by atoms with E-state index < -0.39 is 35.9 Å². The number of rotatable bonds is 19. The first-order valence-electron chi connectivity index (χ1n) is 30.1. The van der Waals surface area contributed by atoms with E-state index in [4.69, 9.17) is 19.1 Å². The minimum absolute atomic E-state index is 0.106. The zero-order chi connectivity index (χ0) is 66.1. The van der Waals surface area contributed by atoms with Crippen LogP contribution in [0.4, 0.5) is 0 Å². The summed E-state index contributed by atoms with van der Waals surface area (Å²) in [7, 11) is 3.18. The second-order valence-electron chi connectivity index (χ2n) is 20.9. The summed E-state index contributed by atoms with van der Waals surface area (Å²) in [6, 6.07) is 85.6. The van der Waals surface area contributed by atoms with Crippen LogP contribution in [-0.4, -0.2) is 56.0 Å². The van der Waals surface area contributed by atoms with Gasteiger partial charge in [-0.05, 0) is 131 Å². The Bertz CT molecular complexity index is 4350. The number of thioether (sulfide) groups is 2. The van der Waals surface area contributed by atoms with Crippen LogP contribution in [0.15, 0.2) is 312 Å². The Kier molecular flexibility index (Phi) is 28.2. The second kappa shape index (κ2) is 36.8. The molecule has 0 spiro atoms. The molecule has 0 saturated carbocycles. The summed E-state index contributed by atoms with van der Waals surface area (Å²) in [5, 5.41) is 14.3. The van der Waals surface area contributed by atoms with Gasteiger partial charge in [-0.25, -0.2) is 34.7 Å². The van der Waals surface area contributed by atoms with Crippen molar-refractivity contribution in [1.29, 1.82) is 0 Å². The first kappa shape index (κ1) is 72.1. The van der Waals surface area contributed by atoms with Gasteiger partial charge in [0.05, 0.1) is 16.0 Å². The predicted molar refractivity (Wildman–Crippen MR) is 406 cm³/mol. The molecule has 8 aromatic carbocycles. The zero-order valence-corrected chi connectivity index (χ0v) is 62.0. The van der Waals surface area contributed by atoms with Gasteiger partial charge in [0.2, 0.25) is 0 Å². The number of benzene rings is 8. The number of fused-ring (bicyclic) bond motifs is 2. The van der Waals surface area contributed by atoms with E-state index >= 15 is 0 Å². The van der Waals surface area contributed by atoms with Crippen molar-refractivity contribution in [1.82, 2.24) is 27.7 Å². The summed E-state index contributed by atoms with van der Waals surface area (Å²) in [6.45, 7) is 4.33. The quantitative estimate of drug-likeness (QED) is 0.0256. The topological polar surface area (TPSA) is 122 Å². The number of hydrogen-bond donors (Lipinski definition) is 0. The molecule has 0 aliphatic carbocycles. The van der Waals surface area contributed by atoms with E-state index in [0.29, 0.717) is 11.3 Å². The van der Waals surface area contributed by atoms with Crippen LogP contribution >= 0.6 is 81.0 Å². The molecule has 5 heterocycles. The summed E-state index contributed by atoms with van der Waals surface area (Å²) in [6.07, 6.45) is 15.0. The summed E-state index contributed by atoms with van der Waals surface area (Å²) < 4.78 is 57.5. The van der Waals surface area contributed by atoms with E-state index in [1.165, 1.54) is 39.8 Å². The Hall–Kier alpha value is -6.22. The molecule has 13 aromatic rings. The molecule has 0 aliphatic heterocycles. The number of halogens is 3. The van der Waals surface area contributed by atoms with Gasteiger partial charge in [0.1, 0.15) is 0 Å². The van der Waals surface area contributed by atoms with Crippen LogP contribution < -0.4 is 31.8 Å². The average Bonchev–Trinajstić information content (AvgIpc) is 1.60. The Morgan fingerprint density at radius 2 is 0.755 bits per heavy atom. The predicted octanol–water partition coefficient (Wildman–Crippen LogP) is 17.6.